The maximum atomic E-state index is 11.6. The molecule has 1 aromatic carbocycles. The smallest absolute Gasteiger partial charge is 0.235 e. The van der Waals surface area contributed by atoms with Crippen LogP contribution in [0.15, 0.2) is 23.2 Å². The molecule has 1 saturated carbocycles. The summed E-state index contributed by atoms with van der Waals surface area (Å²) in [6, 6.07) is 5.93. The first-order chi connectivity index (χ1) is 8.68. The first-order valence-electron chi connectivity index (χ1n) is 6.17. The molecule has 3 rings (SSSR count). The number of hydrogen-bond acceptors (Lipinski definition) is 3. The molecular weight excluding hydrogens is 228 g/mol. The third-order valence-electron chi connectivity index (χ3n) is 3.89. The van der Waals surface area contributed by atoms with Gasteiger partial charge >= 0.3 is 0 Å². The largest absolute Gasteiger partial charge is 0.312 e. The van der Waals surface area contributed by atoms with Crippen LogP contribution in [0.2, 0.25) is 0 Å². The summed E-state index contributed by atoms with van der Waals surface area (Å²) < 4.78 is 0. The molecule has 0 bridgehead atoms. The number of anilines is 1. The summed E-state index contributed by atoms with van der Waals surface area (Å²) in [6.45, 7) is 2.31. The average molecular weight is 242 g/mol. The number of hydrogen-bond donors (Lipinski definition) is 0. The van der Waals surface area contributed by atoms with Gasteiger partial charge in [0.1, 0.15) is 0 Å². The monoisotopic (exact) mass is 242 g/mol. The zero-order valence-electron chi connectivity index (χ0n) is 10.3. The number of isocyanates is 1. The Morgan fingerprint density at radius 2 is 2.22 bits per heavy atom. The van der Waals surface area contributed by atoms with Crippen LogP contribution in [0.5, 0.6) is 0 Å². The highest BCUT2D eigenvalue weighted by Crippen LogP contribution is 2.52. The third kappa shape index (κ3) is 1.50. The van der Waals surface area contributed by atoms with Gasteiger partial charge in [-0.15, -0.1) is 0 Å². The molecule has 1 heterocycles. The number of carbonyl (C=O) groups excluding carboxylic acids is 2. The Morgan fingerprint density at radius 1 is 1.44 bits per heavy atom. The number of amides is 1. The van der Waals surface area contributed by atoms with Crippen LogP contribution in [0.4, 0.5) is 5.69 Å². The predicted molar refractivity (Wildman–Crippen MR) is 67.2 cm³/mol. The van der Waals surface area contributed by atoms with Crippen molar-refractivity contribution in [3.63, 3.8) is 0 Å². The van der Waals surface area contributed by atoms with Gasteiger partial charge in [0, 0.05) is 19.2 Å². The van der Waals surface area contributed by atoms with Crippen LogP contribution in [0.3, 0.4) is 0 Å². The molecule has 0 N–H and O–H groups in total. The molecule has 1 fully saturated rings. The average Bonchev–Trinajstić information content (AvgIpc) is 2.99. The van der Waals surface area contributed by atoms with Crippen LogP contribution in [0.25, 0.3) is 0 Å². The first kappa shape index (κ1) is 11.2. The van der Waals surface area contributed by atoms with Crippen LogP contribution in [-0.2, 0) is 21.5 Å². The summed E-state index contributed by atoms with van der Waals surface area (Å²) in [7, 11) is 0. The fourth-order valence-corrected chi connectivity index (χ4v) is 2.84. The van der Waals surface area contributed by atoms with Crippen molar-refractivity contribution >= 4 is 17.7 Å². The molecule has 1 aliphatic carbocycles. The first-order valence-corrected chi connectivity index (χ1v) is 6.17. The summed E-state index contributed by atoms with van der Waals surface area (Å²) in [4.78, 5) is 27.9. The van der Waals surface area contributed by atoms with Gasteiger partial charge in [0.2, 0.25) is 12.0 Å². The lowest BCUT2D eigenvalue weighted by Gasteiger charge is -2.17. The van der Waals surface area contributed by atoms with Crippen molar-refractivity contribution in [1.29, 1.82) is 0 Å². The van der Waals surface area contributed by atoms with E-state index in [4.69, 9.17) is 0 Å². The lowest BCUT2D eigenvalue weighted by molar-refractivity contribution is -0.116. The van der Waals surface area contributed by atoms with E-state index in [-0.39, 0.29) is 11.4 Å². The van der Waals surface area contributed by atoms with Gasteiger partial charge < -0.3 is 4.90 Å². The lowest BCUT2D eigenvalue weighted by atomic mass is 9.97. The Hall–Kier alpha value is -1.93. The van der Waals surface area contributed by atoms with Crippen LogP contribution < -0.4 is 4.90 Å². The molecule has 0 spiro atoms. The maximum Gasteiger partial charge on any atom is 0.235 e. The SMILES string of the molecule is CC(=O)N1CCc2c1cccc2C1(N=C=O)CC1. The Bertz CT molecular complexity index is 569. The summed E-state index contributed by atoms with van der Waals surface area (Å²) >= 11 is 0. The molecule has 2 aliphatic rings. The van der Waals surface area contributed by atoms with Gasteiger partial charge in [-0.05, 0) is 36.5 Å². The van der Waals surface area contributed by atoms with Gasteiger partial charge in [-0.1, -0.05) is 12.1 Å². The van der Waals surface area contributed by atoms with E-state index in [1.807, 2.05) is 18.2 Å². The van der Waals surface area contributed by atoms with Crippen molar-refractivity contribution < 1.29 is 9.59 Å². The van der Waals surface area contributed by atoms with Crippen molar-refractivity contribution in [3.05, 3.63) is 29.3 Å². The zero-order valence-corrected chi connectivity index (χ0v) is 10.3. The van der Waals surface area contributed by atoms with Crippen molar-refractivity contribution in [3.8, 4) is 0 Å². The molecular formula is C14H14N2O2. The van der Waals surface area contributed by atoms with E-state index in [2.05, 4.69) is 4.99 Å². The normalized spacial score (nSPS) is 19.1. The van der Waals surface area contributed by atoms with E-state index in [9.17, 15) is 9.59 Å². The minimum Gasteiger partial charge on any atom is -0.312 e. The second-order valence-corrected chi connectivity index (χ2v) is 4.96. The molecule has 1 aromatic rings. The number of rotatable bonds is 2. The van der Waals surface area contributed by atoms with Crippen LogP contribution >= 0.6 is 0 Å². The molecule has 0 unspecified atom stereocenters. The molecule has 1 amide bonds. The van der Waals surface area contributed by atoms with Crippen molar-refractivity contribution in [1.82, 2.24) is 0 Å². The van der Waals surface area contributed by atoms with Gasteiger partial charge in [-0.2, -0.15) is 4.99 Å². The molecule has 0 aromatic heterocycles. The second kappa shape index (κ2) is 3.79. The Balaban J connectivity index is 2.10. The molecule has 0 saturated heterocycles. The van der Waals surface area contributed by atoms with Gasteiger partial charge in [-0.25, -0.2) is 4.79 Å². The van der Waals surface area contributed by atoms with Gasteiger partial charge in [-0.3, -0.25) is 4.79 Å². The Kier molecular flexibility index (Phi) is 2.35. The maximum absolute atomic E-state index is 11.6. The van der Waals surface area contributed by atoms with Crippen LogP contribution in [0.1, 0.15) is 30.9 Å². The predicted octanol–water partition coefficient (Wildman–Crippen LogP) is 1.92. The number of benzene rings is 1. The van der Waals surface area contributed by atoms with Crippen molar-refractivity contribution in [2.24, 2.45) is 4.99 Å². The topological polar surface area (TPSA) is 49.7 Å². The van der Waals surface area contributed by atoms with E-state index in [1.165, 1.54) is 5.56 Å². The van der Waals surface area contributed by atoms with E-state index < -0.39 is 0 Å². The van der Waals surface area contributed by atoms with Gasteiger partial charge in [0.05, 0.1) is 5.54 Å². The summed E-state index contributed by atoms with van der Waals surface area (Å²) in [5, 5.41) is 0. The highest BCUT2D eigenvalue weighted by Gasteiger charge is 2.47. The number of fused-ring (bicyclic) bond motifs is 1. The van der Waals surface area contributed by atoms with Gasteiger partial charge in [0.15, 0.2) is 0 Å². The minimum atomic E-state index is -0.347. The highest BCUT2D eigenvalue weighted by atomic mass is 16.2. The number of nitrogens with zero attached hydrogens (tertiary/aromatic N) is 2. The molecule has 1 aliphatic heterocycles. The second-order valence-electron chi connectivity index (χ2n) is 4.96. The molecule has 4 nitrogen and oxygen atoms in total. The minimum absolute atomic E-state index is 0.0645. The fraction of sp³-hybridized carbons (Fsp3) is 0.429. The molecule has 0 atom stereocenters. The van der Waals surface area contributed by atoms with E-state index in [1.54, 1.807) is 17.9 Å². The van der Waals surface area contributed by atoms with Crippen molar-refractivity contribution in [2.75, 3.05) is 11.4 Å². The lowest BCUT2D eigenvalue weighted by Crippen LogP contribution is -2.25. The van der Waals surface area contributed by atoms with E-state index in [0.717, 1.165) is 37.1 Å². The molecule has 92 valence electrons. The molecule has 18 heavy (non-hydrogen) atoms. The fourth-order valence-electron chi connectivity index (χ4n) is 2.84. The molecule has 4 heteroatoms. The van der Waals surface area contributed by atoms with Crippen LogP contribution in [0, 0.1) is 0 Å². The van der Waals surface area contributed by atoms with Crippen molar-refractivity contribution in [2.45, 2.75) is 31.7 Å². The van der Waals surface area contributed by atoms with Crippen LogP contribution in [-0.4, -0.2) is 18.5 Å². The summed E-state index contributed by atoms with van der Waals surface area (Å²) in [5.74, 6) is 0.0645. The third-order valence-corrected chi connectivity index (χ3v) is 3.89. The summed E-state index contributed by atoms with van der Waals surface area (Å²) in [6.07, 6.45) is 4.34. The van der Waals surface area contributed by atoms with Gasteiger partial charge in [0.25, 0.3) is 0 Å². The van der Waals surface area contributed by atoms with E-state index in [0.29, 0.717) is 0 Å². The number of aliphatic imine (C=N–C) groups is 1. The zero-order chi connectivity index (χ0) is 12.8. The van der Waals surface area contributed by atoms with E-state index >= 15 is 0 Å². The standard InChI is InChI=1S/C14H14N2O2/c1-10(18)16-8-5-11-12(3-2-4-13(11)16)14(6-7-14)15-9-17/h2-4H,5-8H2,1H3. The Labute approximate surface area is 105 Å². The highest BCUT2D eigenvalue weighted by molar-refractivity contribution is 5.94. The summed E-state index contributed by atoms with van der Waals surface area (Å²) in [5.41, 5.74) is 2.91. The Morgan fingerprint density at radius 3 is 2.83 bits per heavy atom. The molecule has 0 radical (unpaired) electrons. The quantitative estimate of drug-likeness (QED) is 0.587. The number of carbonyl (C=O) groups is 1.